The number of hydrogen-bond donors (Lipinski definition) is 1. The van der Waals surface area contributed by atoms with Crippen LogP contribution in [0.2, 0.25) is 5.02 Å². The fourth-order valence-electron chi connectivity index (χ4n) is 1.81. The van der Waals surface area contributed by atoms with E-state index in [1.165, 1.54) is 23.5 Å². The number of aromatic nitrogens is 1. The fourth-order valence-corrected chi connectivity index (χ4v) is 3.01. The Morgan fingerprint density at radius 2 is 2.17 bits per heavy atom. The molecule has 0 aliphatic rings. The zero-order chi connectivity index (χ0) is 13.3. The SMILES string of the molecule is CC(C)c1nc(N)sc1Cc1cc(F)ccc1Cl. The average Bonchev–Trinajstić information content (AvgIpc) is 2.65. The van der Waals surface area contributed by atoms with Crippen LogP contribution in [0.3, 0.4) is 0 Å². The van der Waals surface area contributed by atoms with Crippen molar-refractivity contribution in [2.24, 2.45) is 0 Å². The second-order valence-electron chi connectivity index (χ2n) is 4.43. The molecule has 0 aliphatic heterocycles. The van der Waals surface area contributed by atoms with Crippen LogP contribution in [-0.2, 0) is 6.42 Å². The number of hydrogen-bond acceptors (Lipinski definition) is 3. The maximum atomic E-state index is 13.2. The van der Waals surface area contributed by atoms with Gasteiger partial charge in [-0.3, -0.25) is 0 Å². The first-order valence-electron chi connectivity index (χ1n) is 5.66. The van der Waals surface area contributed by atoms with E-state index in [2.05, 4.69) is 18.8 Å². The molecule has 1 aromatic carbocycles. The van der Waals surface area contributed by atoms with Gasteiger partial charge in [0.15, 0.2) is 5.13 Å². The van der Waals surface area contributed by atoms with Crippen molar-refractivity contribution in [1.82, 2.24) is 4.98 Å². The highest BCUT2D eigenvalue weighted by Crippen LogP contribution is 2.30. The van der Waals surface area contributed by atoms with Gasteiger partial charge >= 0.3 is 0 Å². The van der Waals surface area contributed by atoms with Gasteiger partial charge in [0.05, 0.1) is 5.69 Å². The van der Waals surface area contributed by atoms with Gasteiger partial charge < -0.3 is 5.73 Å². The minimum Gasteiger partial charge on any atom is -0.375 e. The Morgan fingerprint density at radius 3 is 2.83 bits per heavy atom. The summed E-state index contributed by atoms with van der Waals surface area (Å²) in [6, 6.07) is 4.39. The quantitative estimate of drug-likeness (QED) is 0.916. The summed E-state index contributed by atoms with van der Waals surface area (Å²) < 4.78 is 13.2. The summed E-state index contributed by atoms with van der Waals surface area (Å²) in [5.74, 6) is 0.0128. The van der Waals surface area contributed by atoms with Gasteiger partial charge in [-0.1, -0.05) is 25.4 Å². The smallest absolute Gasteiger partial charge is 0.180 e. The van der Waals surface area contributed by atoms with Crippen molar-refractivity contribution in [2.75, 3.05) is 5.73 Å². The van der Waals surface area contributed by atoms with Gasteiger partial charge in [-0.05, 0) is 29.7 Å². The number of nitrogen functional groups attached to an aromatic ring is 1. The molecule has 2 nitrogen and oxygen atoms in total. The van der Waals surface area contributed by atoms with Crippen LogP contribution in [0, 0.1) is 5.82 Å². The summed E-state index contributed by atoms with van der Waals surface area (Å²) in [5, 5.41) is 1.11. The molecule has 1 heterocycles. The molecule has 0 saturated heterocycles. The number of nitrogens with zero attached hydrogens (tertiary/aromatic N) is 1. The number of benzene rings is 1. The van der Waals surface area contributed by atoms with Crippen molar-refractivity contribution >= 4 is 28.1 Å². The third-order valence-electron chi connectivity index (χ3n) is 2.65. The molecule has 0 atom stereocenters. The molecule has 2 rings (SSSR count). The molecule has 0 aliphatic carbocycles. The van der Waals surface area contributed by atoms with Gasteiger partial charge in [0.1, 0.15) is 5.82 Å². The number of thiazole rings is 1. The van der Waals surface area contributed by atoms with Crippen LogP contribution in [0.15, 0.2) is 18.2 Å². The first-order valence-corrected chi connectivity index (χ1v) is 6.86. The predicted octanol–water partition coefficient (Wildman–Crippen LogP) is 4.23. The van der Waals surface area contributed by atoms with Crippen molar-refractivity contribution in [1.29, 1.82) is 0 Å². The molecule has 5 heteroatoms. The zero-order valence-electron chi connectivity index (χ0n) is 10.2. The van der Waals surface area contributed by atoms with E-state index in [9.17, 15) is 4.39 Å². The third-order valence-corrected chi connectivity index (χ3v) is 3.92. The van der Waals surface area contributed by atoms with Crippen LogP contribution in [-0.4, -0.2) is 4.98 Å². The molecule has 0 spiro atoms. The second-order valence-corrected chi connectivity index (χ2v) is 5.95. The lowest BCUT2D eigenvalue weighted by Gasteiger charge is -2.07. The molecule has 0 fully saturated rings. The van der Waals surface area contributed by atoms with E-state index in [1.54, 1.807) is 6.07 Å². The van der Waals surface area contributed by atoms with Gasteiger partial charge in [0, 0.05) is 16.3 Å². The maximum absolute atomic E-state index is 13.2. The van der Waals surface area contributed by atoms with Gasteiger partial charge in [0.2, 0.25) is 0 Å². The van der Waals surface area contributed by atoms with E-state index in [-0.39, 0.29) is 5.82 Å². The van der Waals surface area contributed by atoms with Crippen LogP contribution in [0.4, 0.5) is 9.52 Å². The number of anilines is 1. The molecule has 2 aromatic rings. The molecule has 0 bridgehead atoms. The first-order chi connectivity index (χ1) is 8.47. The lowest BCUT2D eigenvalue weighted by molar-refractivity contribution is 0.626. The van der Waals surface area contributed by atoms with Gasteiger partial charge in [-0.25, -0.2) is 9.37 Å². The molecular formula is C13H14ClFN2S. The Bertz CT molecular complexity index is 566. The second kappa shape index (κ2) is 5.24. The number of nitrogens with two attached hydrogens (primary N) is 1. The van der Waals surface area contributed by atoms with Crippen molar-refractivity contribution in [3.8, 4) is 0 Å². The van der Waals surface area contributed by atoms with Crippen LogP contribution in [0.5, 0.6) is 0 Å². The van der Waals surface area contributed by atoms with Gasteiger partial charge in [0.25, 0.3) is 0 Å². The standard InChI is InChI=1S/C13H14ClFN2S/c1-7(2)12-11(18-13(16)17-12)6-8-5-9(15)3-4-10(8)14/h3-5,7H,6H2,1-2H3,(H2,16,17). The summed E-state index contributed by atoms with van der Waals surface area (Å²) in [5.41, 5.74) is 7.48. The largest absolute Gasteiger partial charge is 0.375 e. The Balaban J connectivity index is 2.36. The summed E-state index contributed by atoms with van der Waals surface area (Å²) >= 11 is 7.51. The maximum Gasteiger partial charge on any atom is 0.180 e. The summed E-state index contributed by atoms with van der Waals surface area (Å²) in [6.45, 7) is 4.12. The fraction of sp³-hybridized carbons (Fsp3) is 0.308. The molecular weight excluding hydrogens is 271 g/mol. The summed E-state index contributed by atoms with van der Waals surface area (Å²) in [4.78, 5) is 5.37. The minimum absolute atomic E-state index is 0.280. The Kier molecular flexibility index (Phi) is 3.88. The average molecular weight is 285 g/mol. The molecule has 18 heavy (non-hydrogen) atoms. The zero-order valence-corrected chi connectivity index (χ0v) is 11.8. The topological polar surface area (TPSA) is 38.9 Å². The monoisotopic (exact) mass is 284 g/mol. The normalized spacial score (nSPS) is 11.2. The van der Waals surface area contributed by atoms with Crippen molar-refractivity contribution < 1.29 is 4.39 Å². The molecule has 96 valence electrons. The van der Waals surface area contributed by atoms with Gasteiger partial charge in [-0.2, -0.15) is 0 Å². The van der Waals surface area contributed by atoms with Crippen molar-refractivity contribution in [3.05, 3.63) is 45.2 Å². The van der Waals surface area contributed by atoms with E-state index in [4.69, 9.17) is 17.3 Å². The summed E-state index contributed by atoms with van der Waals surface area (Å²) in [7, 11) is 0. The summed E-state index contributed by atoms with van der Waals surface area (Å²) in [6.07, 6.45) is 0.568. The molecule has 0 amide bonds. The van der Waals surface area contributed by atoms with Crippen LogP contribution >= 0.6 is 22.9 Å². The highest BCUT2D eigenvalue weighted by atomic mass is 35.5. The van der Waals surface area contributed by atoms with E-state index in [1.807, 2.05) is 0 Å². The first kappa shape index (κ1) is 13.3. The van der Waals surface area contributed by atoms with Crippen LogP contribution in [0.1, 0.15) is 35.9 Å². The highest BCUT2D eigenvalue weighted by molar-refractivity contribution is 7.15. The minimum atomic E-state index is -0.280. The van der Waals surface area contributed by atoms with Crippen molar-refractivity contribution in [2.45, 2.75) is 26.2 Å². The van der Waals surface area contributed by atoms with Crippen molar-refractivity contribution in [3.63, 3.8) is 0 Å². The number of rotatable bonds is 3. The van der Waals surface area contributed by atoms with Crippen LogP contribution in [0.25, 0.3) is 0 Å². The predicted molar refractivity (Wildman–Crippen MR) is 74.8 cm³/mol. The Labute approximate surface area is 115 Å². The number of halogens is 2. The molecule has 0 unspecified atom stereocenters. The highest BCUT2D eigenvalue weighted by Gasteiger charge is 2.14. The Hall–Kier alpha value is -1.13. The Morgan fingerprint density at radius 1 is 1.44 bits per heavy atom. The molecule has 0 saturated carbocycles. The molecule has 0 radical (unpaired) electrons. The van der Waals surface area contributed by atoms with E-state index < -0.39 is 0 Å². The molecule has 1 aromatic heterocycles. The van der Waals surface area contributed by atoms with E-state index >= 15 is 0 Å². The van der Waals surface area contributed by atoms with Gasteiger partial charge in [-0.15, -0.1) is 11.3 Å². The van der Waals surface area contributed by atoms with Crippen LogP contribution < -0.4 is 5.73 Å². The van der Waals surface area contributed by atoms with E-state index in [0.29, 0.717) is 22.5 Å². The third kappa shape index (κ3) is 2.82. The molecule has 2 N–H and O–H groups in total. The van der Waals surface area contributed by atoms with E-state index in [0.717, 1.165) is 16.1 Å². The lowest BCUT2D eigenvalue weighted by Crippen LogP contribution is -1.96. The lowest BCUT2D eigenvalue weighted by atomic mass is 10.0.